The summed E-state index contributed by atoms with van der Waals surface area (Å²) in [5.74, 6) is 0.302. The van der Waals surface area contributed by atoms with Crippen molar-refractivity contribution in [3.05, 3.63) is 0 Å². The van der Waals surface area contributed by atoms with Crippen LogP contribution in [0.4, 0.5) is 0 Å². The number of rotatable bonds is 4. The molecule has 0 aliphatic rings. The Morgan fingerprint density at radius 1 is 1.27 bits per heavy atom. The third-order valence-corrected chi connectivity index (χ3v) is 1.53. The Balaban J connectivity index is 4.01. The lowest BCUT2D eigenvalue weighted by Crippen LogP contribution is -2.67. The topological polar surface area (TPSA) is 56.7 Å². The number of hydrogen-bond donors (Lipinski definition) is 2. The number of carbonyl (C=O) groups is 1. The van der Waals surface area contributed by atoms with E-state index in [0.717, 1.165) is 0 Å². The molecule has 0 radical (unpaired) electrons. The van der Waals surface area contributed by atoms with Crippen LogP contribution in [0.1, 0.15) is 27.7 Å². The van der Waals surface area contributed by atoms with Crippen molar-refractivity contribution in [2.45, 2.75) is 39.8 Å². The summed E-state index contributed by atoms with van der Waals surface area (Å²) in [5, 5.41) is 3.17. The van der Waals surface area contributed by atoms with Crippen molar-refractivity contribution in [2.24, 2.45) is 5.92 Å². The molecule has 0 aromatic carbocycles. The Kier molecular flexibility index (Phi) is 4.30. The molecule has 1 unspecified atom stereocenters. The minimum Gasteiger partial charge on any atom is -0.300 e. The molecule has 0 aliphatic heterocycles. The van der Waals surface area contributed by atoms with Gasteiger partial charge < -0.3 is 0 Å². The summed E-state index contributed by atoms with van der Waals surface area (Å²) in [4.78, 5) is 10.9. The third-order valence-electron chi connectivity index (χ3n) is 1.53. The van der Waals surface area contributed by atoms with E-state index >= 15 is 0 Å². The van der Waals surface area contributed by atoms with Crippen LogP contribution < -0.4 is 11.1 Å². The molecule has 1 amide bonds. The SMILES string of the molecule is CC(C)NC(C([NH3+])=O)C(C)C. The van der Waals surface area contributed by atoms with Crippen molar-refractivity contribution in [3.63, 3.8) is 0 Å². The number of hydrogen-bond acceptors (Lipinski definition) is 2. The maximum atomic E-state index is 10.9. The summed E-state index contributed by atoms with van der Waals surface area (Å²) >= 11 is 0. The Hall–Kier alpha value is -0.410. The quantitative estimate of drug-likeness (QED) is 0.595. The van der Waals surface area contributed by atoms with Crippen molar-refractivity contribution in [2.75, 3.05) is 0 Å². The highest BCUT2D eigenvalue weighted by Crippen LogP contribution is 2.00. The second-order valence-electron chi connectivity index (χ2n) is 3.51. The fraction of sp³-hybridized carbons (Fsp3) is 0.875. The Labute approximate surface area is 68.3 Å². The van der Waals surface area contributed by atoms with Crippen LogP contribution in [-0.4, -0.2) is 18.0 Å². The molecule has 3 heteroatoms. The van der Waals surface area contributed by atoms with E-state index in [1.54, 1.807) is 0 Å². The molecular formula is C8H19N2O+. The summed E-state index contributed by atoms with van der Waals surface area (Å²) in [6.07, 6.45) is 0. The van der Waals surface area contributed by atoms with Crippen molar-refractivity contribution in [1.82, 2.24) is 5.32 Å². The van der Waals surface area contributed by atoms with Crippen LogP contribution in [0.5, 0.6) is 0 Å². The van der Waals surface area contributed by atoms with Crippen LogP contribution in [0.15, 0.2) is 0 Å². The van der Waals surface area contributed by atoms with Crippen molar-refractivity contribution in [3.8, 4) is 0 Å². The minimum absolute atomic E-state index is 0.0197. The molecule has 4 N–H and O–H groups in total. The Bertz CT molecular complexity index is 132. The van der Waals surface area contributed by atoms with E-state index in [1.807, 2.05) is 27.7 Å². The Morgan fingerprint density at radius 3 is 1.82 bits per heavy atom. The lowest BCUT2D eigenvalue weighted by atomic mass is 10.0. The minimum atomic E-state index is -0.0880. The van der Waals surface area contributed by atoms with Crippen LogP contribution in [0.2, 0.25) is 0 Å². The van der Waals surface area contributed by atoms with E-state index in [-0.39, 0.29) is 11.9 Å². The van der Waals surface area contributed by atoms with Gasteiger partial charge in [0.25, 0.3) is 0 Å². The molecule has 0 aromatic rings. The lowest BCUT2D eigenvalue weighted by Gasteiger charge is -2.19. The van der Waals surface area contributed by atoms with E-state index in [9.17, 15) is 4.79 Å². The molecule has 66 valence electrons. The normalized spacial score (nSPS) is 14.1. The molecule has 0 bridgehead atoms. The monoisotopic (exact) mass is 159 g/mol. The van der Waals surface area contributed by atoms with E-state index in [1.165, 1.54) is 0 Å². The van der Waals surface area contributed by atoms with Gasteiger partial charge in [-0.2, -0.15) is 0 Å². The lowest BCUT2D eigenvalue weighted by molar-refractivity contribution is -0.309. The molecule has 0 rings (SSSR count). The Morgan fingerprint density at radius 2 is 1.73 bits per heavy atom. The van der Waals surface area contributed by atoms with Crippen molar-refractivity contribution < 1.29 is 10.5 Å². The fourth-order valence-corrected chi connectivity index (χ4v) is 1.02. The molecule has 0 saturated carbocycles. The maximum Gasteiger partial charge on any atom is 0.326 e. The second kappa shape index (κ2) is 4.46. The summed E-state index contributed by atoms with van der Waals surface area (Å²) in [5.41, 5.74) is 3.41. The largest absolute Gasteiger partial charge is 0.326 e. The van der Waals surface area contributed by atoms with Crippen LogP contribution >= 0.6 is 0 Å². The first-order chi connectivity index (χ1) is 4.95. The number of quaternary nitrogens is 1. The molecule has 3 nitrogen and oxygen atoms in total. The summed E-state index contributed by atoms with van der Waals surface area (Å²) in [7, 11) is 0. The zero-order valence-electron chi connectivity index (χ0n) is 7.85. The highest BCUT2D eigenvalue weighted by atomic mass is 16.1. The van der Waals surface area contributed by atoms with Crippen LogP contribution in [0.25, 0.3) is 0 Å². The number of amides is 1. The standard InChI is InChI=1S/C8H18N2O/c1-5(2)7(8(9)11)10-6(3)4/h5-7,10H,1-4H3,(H2,9,11)/p+1. The summed E-state index contributed by atoms with van der Waals surface area (Å²) in [6.45, 7) is 8.09. The first kappa shape index (κ1) is 10.6. The van der Waals surface area contributed by atoms with Crippen LogP contribution in [0.3, 0.4) is 0 Å². The molecule has 0 aromatic heterocycles. The zero-order chi connectivity index (χ0) is 9.02. The van der Waals surface area contributed by atoms with Crippen molar-refractivity contribution in [1.29, 1.82) is 0 Å². The summed E-state index contributed by atoms with van der Waals surface area (Å²) in [6, 6.07) is 0.253. The molecule has 0 saturated heterocycles. The maximum absolute atomic E-state index is 10.9. The predicted octanol–water partition coefficient (Wildman–Crippen LogP) is -0.222. The van der Waals surface area contributed by atoms with Gasteiger partial charge in [-0.25, -0.2) is 4.79 Å². The van der Waals surface area contributed by atoms with E-state index in [2.05, 4.69) is 11.1 Å². The molecule has 0 fully saturated rings. The van der Waals surface area contributed by atoms with Gasteiger partial charge in [0, 0.05) is 6.04 Å². The smallest absolute Gasteiger partial charge is 0.300 e. The van der Waals surface area contributed by atoms with Gasteiger partial charge in [-0.1, -0.05) is 27.7 Å². The average Bonchev–Trinajstić information content (AvgIpc) is 1.81. The molecule has 0 spiro atoms. The van der Waals surface area contributed by atoms with Gasteiger partial charge in [0.1, 0.15) is 6.04 Å². The van der Waals surface area contributed by atoms with Crippen molar-refractivity contribution >= 4 is 5.91 Å². The second-order valence-corrected chi connectivity index (χ2v) is 3.51. The van der Waals surface area contributed by atoms with Crippen LogP contribution in [0, 0.1) is 5.92 Å². The van der Waals surface area contributed by atoms with E-state index in [4.69, 9.17) is 0 Å². The summed E-state index contributed by atoms with van der Waals surface area (Å²) < 4.78 is 0. The highest BCUT2D eigenvalue weighted by molar-refractivity contribution is 5.71. The van der Waals surface area contributed by atoms with Gasteiger partial charge in [-0.05, 0) is 5.92 Å². The third kappa shape index (κ3) is 4.11. The molecule has 0 aliphatic carbocycles. The van der Waals surface area contributed by atoms with Gasteiger partial charge in [-0.15, -0.1) is 0 Å². The van der Waals surface area contributed by atoms with Gasteiger partial charge >= 0.3 is 5.91 Å². The number of nitrogens with one attached hydrogen (secondary N) is 1. The first-order valence-corrected chi connectivity index (χ1v) is 4.07. The molecule has 1 atom stereocenters. The fourth-order valence-electron chi connectivity index (χ4n) is 1.02. The average molecular weight is 159 g/mol. The van der Waals surface area contributed by atoms with Gasteiger partial charge in [0.2, 0.25) is 0 Å². The van der Waals surface area contributed by atoms with Gasteiger partial charge in [0.15, 0.2) is 0 Å². The van der Waals surface area contributed by atoms with Gasteiger partial charge in [0.05, 0.1) is 0 Å². The van der Waals surface area contributed by atoms with E-state index in [0.29, 0.717) is 12.0 Å². The molecular weight excluding hydrogens is 140 g/mol. The van der Waals surface area contributed by atoms with Gasteiger partial charge in [-0.3, -0.25) is 11.1 Å². The first-order valence-electron chi connectivity index (χ1n) is 4.07. The molecule has 11 heavy (non-hydrogen) atoms. The molecule has 0 heterocycles. The zero-order valence-corrected chi connectivity index (χ0v) is 7.85. The highest BCUT2D eigenvalue weighted by Gasteiger charge is 2.22. The predicted molar refractivity (Wildman–Crippen MR) is 44.8 cm³/mol. The number of carbonyl (C=O) groups excluding carboxylic acids is 1. The van der Waals surface area contributed by atoms with Crippen LogP contribution in [-0.2, 0) is 4.79 Å². The van der Waals surface area contributed by atoms with E-state index < -0.39 is 0 Å².